The summed E-state index contributed by atoms with van der Waals surface area (Å²) in [5, 5.41) is 16.3. The van der Waals surface area contributed by atoms with Crippen LogP contribution in [0.4, 0.5) is 0 Å². The first kappa shape index (κ1) is 13.0. The topological polar surface area (TPSA) is 101 Å². The van der Waals surface area contributed by atoms with Crippen LogP contribution in [-0.2, 0) is 26.7 Å². The third-order valence-corrected chi connectivity index (χ3v) is 0.986. The van der Waals surface area contributed by atoms with Crippen LogP contribution in [0.15, 0.2) is 0 Å². The van der Waals surface area contributed by atoms with E-state index in [1.165, 1.54) is 0 Å². The Labute approximate surface area is 74.0 Å². The van der Waals surface area contributed by atoms with Gasteiger partial charge in [-0.25, -0.2) is 0 Å². The van der Waals surface area contributed by atoms with Gasteiger partial charge < -0.3 is 15.9 Å². The van der Waals surface area contributed by atoms with E-state index in [0.29, 0.717) is 0 Å². The quantitative estimate of drug-likeness (QED) is 0.531. The molecule has 0 heterocycles. The fourth-order valence-corrected chi connectivity index (χ4v) is 0.402. The van der Waals surface area contributed by atoms with Crippen molar-refractivity contribution >= 4 is 11.9 Å². The number of aliphatic carboxylic acids is 2. The Bertz CT molecular complexity index is 149. The summed E-state index contributed by atoms with van der Waals surface area (Å²) >= 11 is 0. The molecule has 69 valence electrons. The molecule has 0 saturated heterocycles. The third-order valence-electron chi connectivity index (χ3n) is 0.986. The zero-order valence-corrected chi connectivity index (χ0v) is 6.52. The minimum absolute atomic E-state index is 0. The standard InChI is InChI=1S/C5H9NO4.Cu/c6-3(5(9)10)1-2-4(7)8;/h3H,1-2,6H2,(H,7,8)(H,9,10);/t3-;/m1./s1. The SMILES string of the molecule is N[C@H](CCC(=O)O)C(=O)O.[Cu]. The van der Waals surface area contributed by atoms with Crippen molar-refractivity contribution in [3.63, 3.8) is 0 Å². The molecule has 6 heteroatoms. The van der Waals surface area contributed by atoms with Crippen LogP contribution in [0.1, 0.15) is 12.8 Å². The Kier molecular flexibility index (Phi) is 7.29. The van der Waals surface area contributed by atoms with Gasteiger partial charge in [-0.15, -0.1) is 0 Å². The van der Waals surface area contributed by atoms with Crippen molar-refractivity contribution in [2.75, 3.05) is 0 Å². The van der Waals surface area contributed by atoms with E-state index in [1.807, 2.05) is 0 Å². The first-order valence-electron chi connectivity index (χ1n) is 2.74. The Morgan fingerprint density at radius 1 is 1.36 bits per heavy atom. The molecular formula is C5H9CuNO4. The summed E-state index contributed by atoms with van der Waals surface area (Å²) in [5.41, 5.74) is 5.00. The van der Waals surface area contributed by atoms with Gasteiger partial charge in [-0.1, -0.05) is 0 Å². The van der Waals surface area contributed by atoms with E-state index in [2.05, 4.69) is 0 Å². The number of rotatable bonds is 4. The van der Waals surface area contributed by atoms with E-state index in [4.69, 9.17) is 15.9 Å². The van der Waals surface area contributed by atoms with Gasteiger partial charge in [-0.05, 0) is 6.42 Å². The average molecular weight is 211 g/mol. The molecule has 0 aliphatic heterocycles. The average Bonchev–Trinajstić information content (AvgIpc) is 1.82. The number of carboxylic acid groups (broad SMARTS) is 2. The van der Waals surface area contributed by atoms with E-state index in [0.717, 1.165) is 0 Å². The molecular weight excluding hydrogens is 202 g/mol. The maximum atomic E-state index is 9.99. The van der Waals surface area contributed by atoms with Crippen molar-refractivity contribution in [2.24, 2.45) is 5.73 Å². The molecule has 11 heavy (non-hydrogen) atoms. The van der Waals surface area contributed by atoms with Crippen molar-refractivity contribution < 1.29 is 36.9 Å². The van der Waals surface area contributed by atoms with E-state index in [9.17, 15) is 9.59 Å². The molecule has 0 rings (SSSR count). The van der Waals surface area contributed by atoms with Gasteiger partial charge in [0.1, 0.15) is 6.04 Å². The van der Waals surface area contributed by atoms with Gasteiger partial charge in [0.2, 0.25) is 0 Å². The monoisotopic (exact) mass is 210 g/mol. The molecule has 0 aliphatic carbocycles. The first-order chi connectivity index (χ1) is 4.54. The summed E-state index contributed by atoms with van der Waals surface area (Å²) in [6.07, 6.45) is -0.224. The molecule has 1 atom stereocenters. The molecule has 0 spiro atoms. The van der Waals surface area contributed by atoms with Crippen molar-refractivity contribution in [2.45, 2.75) is 18.9 Å². The van der Waals surface area contributed by atoms with E-state index < -0.39 is 18.0 Å². The summed E-state index contributed by atoms with van der Waals surface area (Å²) in [6.45, 7) is 0. The van der Waals surface area contributed by atoms with Crippen LogP contribution in [0.2, 0.25) is 0 Å². The van der Waals surface area contributed by atoms with Crippen molar-refractivity contribution in [1.82, 2.24) is 0 Å². The molecule has 0 bridgehead atoms. The molecule has 0 unspecified atom stereocenters. The minimum Gasteiger partial charge on any atom is -0.481 e. The maximum Gasteiger partial charge on any atom is 0.320 e. The summed E-state index contributed by atoms with van der Waals surface area (Å²) in [6, 6.07) is -1.06. The van der Waals surface area contributed by atoms with Gasteiger partial charge in [0.25, 0.3) is 0 Å². The normalized spacial score (nSPS) is 11.4. The van der Waals surface area contributed by atoms with Gasteiger partial charge in [0.05, 0.1) is 0 Å². The molecule has 5 nitrogen and oxygen atoms in total. The molecule has 0 aromatic carbocycles. The van der Waals surface area contributed by atoms with Crippen molar-refractivity contribution in [3.05, 3.63) is 0 Å². The summed E-state index contributed by atoms with van der Waals surface area (Å²) in [5.74, 6) is -2.20. The minimum atomic E-state index is -1.17. The fraction of sp³-hybridized carbons (Fsp3) is 0.600. The smallest absolute Gasteiger partial charge is 0.320 e. The molecule has 0 aliphatic rings. The van der Waals surface area contributed by atoms with Crippen LogP contribution in [0.25, 0.3) is 0 Å². The third kappa shape index (κ3) is 7.31. The zero-order valence-electron chi connectivity index (χ0n) is 5.58. The van der Waals surface area contributed by atoms with Crippen molar-refractivity contribution in [3.8, 4) is 0 Å². The van der Waals surface area contributed by atoms with E-state index in [-0.39, 0.29) is 29.9 Å². The number of carbonyl (C=O) groups is 2. The molecule has 0 amide bonds. The van der Waals surface area contributed by atoms with Gasteiger partial charge in [0.15, 0.2) is 0 Å². The second-order valence-corrected chi connectivity index (χ2v) is 1.88. The Hall–Kier alpha value is -0.581. The van der Waals surface area contributed by atoms with Gasteiger partial charge in [0, 0.05) is 23.5 Å². The van der Waals surface area contributed by atoms with Crippen LogP contribution in [-0.4, -0.2) is 28.2 Å². The van der Waals surface area contributed by atoms with Crippen LogP contribution in [0.3, 0.4) is 0 Å². The van der Waals surface area contributed by atoms with Gasteiger partial charge in [-0.2, -0.15) is 0 Å². The number of hydrogen-bond acceptors (Lipinski definition) is 3. The molecule has 4 N–H and O–H groups in total. The molecule has 0 saturated carbocycles. The number of nitrogens with two attached hydrogens (primary N) is 1. The zero-order chi connectivity index (χ0) is 8.15. The maximum absolute atomic E-state index is 9.99. The Balaban J connectivity index is 0. The molecule has 0 aromatic rings. The van der Waals surface area contributed by atoms with Crippen molar-refractivity contribution in [1.29, 1.82) is 0 Å². The largest absolute Gasteiger partial charge is 0.481 e. The second-order valence-electron chi connectivity index (χ2n) is 1.88. The first-order valence-corrected chi connectivity index (χ1v) is 2.74. The Morgan fingerprint density at radius 2 is 1.82 bits per heavy atom. The van der Waals surface area contributed by atoms with Gasteiger partial charge >= 0.3 is 11.9 Å². The van der Waals surface area contributed by atoms with Crippen LogP contribution < -0.4 is 5.73 Å². The van der Waals surface area contributed by atoms with Crippen LogP contribution >= 0.6 is 0 Å². The molecule has 1 radical (unpaired) electrons. The summed E-state index contributed by atoms with van der Waals surface area (Å²) in [7, 11) is 0. The predicted octanol–water partition coefficient (Wildman–Crippen LogP) is -0.739. The fourth-order valence-electron chi connectivity index (χ4n) is 0.402. The number of hydrogen-bond donors (Lipinski definition) is 3. The second kappa shape index (κ2) is 6.15. The van der Waals surface area contributed by atoms with Crippen LogP contribution in [0, 0.1) is 0 Å². The molecule has 0 fully saturated rings. The van der Waals surface area contributed by atoms with E-state index in [1.54, 1.807) is 0 Å². The summed E-state index contributed by atoms with van der Waals surface area (Å²) in [4.78, 5) is 19.9. The van der Waals surface area contributed by atoms with Crippen LogP contribution in [0.5, 0.6) is 0 Å². The van der Waals surface area contributed by atoms with E-state index >= 15 is 0 Å². The van der Waals surface area contributed by atoms with Gasteiger partial charge in [-0.3, -0.25) is 9.59 Å². The molecule has 0 aromatic heterocycles. The predicted molar refractivity (Wildman–Crippen MR) is 32.5 cm³/mol. The Morgan fingerprint density at radius 3 is 2.09 bits per heavy atom. The number of carboxylic acids is 2. The summed E-state index contributed by atoms with van der Waals surface area (Å²) < 4.78 is 0.